The van der Waals surface area contributed by atoms with Gasteiger partial charge in [0.2, 0.25) is 0 Å². The van der Waals surface area contributed by atoms with Crippen molar-refractivity contribution < 1.29 is 19.1 Å². The van der Waals surface area contributed by atoms with Crippen molar-refractivity contribution in [3.05, 3.63) is 78.1 Å². The van der Waals surface area contributed by atoms with Gasteiger partial charge in [-0.25, -0.2) is 4.98 Å². The molecule has 4 aromatic rings. The number of methoxy groups -OCH3 is 1. The summed E-state index contributed by atoms with van der Waals surface area (Å²) in [6.07, 6.45) is 1.95. The van der Waals surface area contributed by atoms with Gasteiger partial charge in [0, 0.05) is 11.6 Å². The molecule has 1 aliphatic rings. The van der Waals surface area contributed by atoms with Crippen LogP contribution < -0.4 is 9.64 Å². The minimum Gasteiger partial charge on any atom is -0.497 e. The van der Waals surface area contributed by atoms with Crippen molar-refractivity contribution in [1.82, 2.24) is 19.7 Å². The molecule has 0 spiro atoms. The lowest BCUT2D eigenvalue weighted by atomic mass is 10.0. The molecule has 0 aliphatic carbocycles. The van der Waals surface area contributed by atoms with E-state index in [2.05, 4.69) is 24.0 Å². The van der Waals surface area contributed by atoms with Crippen LogP contribution in [0.15, 0.2) is 67.0 Å². The molecule has 0 saturated heterocycles. The second-order valence-electron chi connectivity index (χ2n) is 8.11. The van der Waals surface area contributed by atoms with E-state index < -0.39 is 0 Å². The summed E-state index contributed by atoms with van der Waals surface area (Å²) in [6.45, 7) is 4.62. The molecule has 1 amide bonds. The molecule has 2 aromatic heterocycles. The second-order valence-corrected chi connectivity index (χ2v) is 8.11. The minimum atomic E-state index is -0.0506. The van der Waals surface area contributed by atoms with Crippen molar-refractivity contribution in [3.8, 4) is 28.4 Å². The molecule has 0 atom stereocenters. The van der Waals surface area contributed by atoms with Gasteiger partial charge in [0.25, 0.3) is 5.91 Å². The molecule has 9 nitrogen and oxygen atoms in total. The summed E-state index contributed by atoms with van der Waals surface area (Å²) in [5, 5.41) is 8.26. The number of carbonyl (C=O) groups is 1. The van der Waals surface area contributed by atoms with Crippen LogP contribution in [0.5, 0.6) is 5.75 Å². The molecule has 0 bridgehead atoms. The third-order valence-corrected chi connectivity index (χ3v) is 5.71. The largest absolute Gasteiger partial charge is 0.497 e. The lowest BCUT2D eigenvalue weighted by molar-refractivity contribution is -0.191. The number of pyridine rings is 1. The lowest BCUT2D eigenvalue weighted by Crippen LogP contribution is -2.24. The third-order valence-electron chi connectivity index (χ3n) is 5.71. The fourth-order valence-electron chi connectivity index (χ4n) is 3.95. The van der Waals surface area contributed by atoms with Crippen molar-refractivity contribution in [2.45, 2.75) is 26.4 Å². The number of hydrogen-bond donors (Lipinski definition) is 0. The van der Waals surface area contributed by atoms with E-state index in [0.717, 1.165) is 22.4 Å². The molecule has 0 unspecified atom stereocenters. The number of fused-ring (bicyclic) bond motifs is 1. The Bertz CT molecular complexity index is 1390. The number of amides is 1. The van der Waals surface area contributed by atoms with Gasteiger partial charge in [0.15, 0.2) is 5.82 Å². The van der Waals surface area contributed by atoms with Crippen LogP contribution in [0.1, 0.15) is 35.8 Å². The molecule has 0 radical (unpaired) electrons. The van der Waals surface area contributed by atoms with Gasteiger partial charge >= 0.3 is 6.15 Å². The first-order valence-electron chi connectivity index (χ1n) is 10.9. The van der Waals surface area contributed by atoms with Crippen molar-refractivity contribution >= 4 is 17.9 Å². The molecule has 9 heteroatoms. The Balaban J connectivity index is 0.000000917. The average Bonchev–Trinajstić information content (AvgIpc) is 3.50. The van der Waals surface area contributed by atoms with Crippen LogP contribution in [-0.2, 0) is 16.1 Å². The number of anilines is 1. The normalized spacial score (nSPS) is 12.1. The summed E-state index contributed by atoms with van der Waals surface area (Å²) in [5.41, 5.74) is 4.42. The Morgan fingerprint density at radius 3 is 2.40 bits per heavy atom. The number of carbonyl (C=O) groups excluding carboxylic acids is 3. The molecule has 5 rings (SSSR count). The highest BCUT2D eigenvalue weighted by Crippen LogP contribution is 2.32. The number of ether oxygens (including phenoxy) is 1. The molecule has 2 aromatic carbocycles. The maximum atomic E-state index is 13.3. The highest BCUT2D eigenvalue weighted by Gasteiger charge is 2.30. The van der Waals surface area contributed by atoms with E-state index in [4.69, 9.17) is 19.3 Å². The SMILES string of the molecule is COc1ccc(-c2ccc3c(c2)C(=O)N(c2cccc(-c4nncn4C(C)C)n2)C3)cc1.O=C=O. The quantitative estimate of drug-likeness (QED) is 0.432. The van der Waals surface area contributed by atoms with Crippen LogP contribution in [-0.4, -0.2) is 38.9 Å². The summed E-state index contributed by atoms with van der Waals surface area (Å²) in [4.78, 5) is 36.0. The van der Waals surface area contributed by atoms with E-state index in [1.807, 2.05) is 65.2 Å². The van der Waals surface area contributed by atoms with E-state index in [0.29, 0.717) is 29.4 Å². The first-order valence-corrected chi connectivity index (χ1v) is 10.9. The van der Waals surface area contributed by atoms with Gasteiger partial charge < -0.3 is 9.30 Å². The van der Waals surface area contributed by atoms with Crippen LogP contribution in [0.4, 0.5) is 5.82 Å². The van der Waals surface area contributed by atoms with Crippen molar-refractivity contribution in [2.75, 3.05) is 12.0 Å². The monoisotopic (exact) mass is 469 g/mol. The van der Waals surface area contributed by atoms with Gasteiger partial charge in [-0.1, -0.05) is 30.3 Å². The van der Waals surface area contributed by atoms with Gasteiger partial charge in [0.1, 0.15) is 23.6 Å². The summed E-state index contributed by atoms with van der Waals surface area (Å²) in [6, 6.07) is 19.7. The lowest BCUT2D eigenvalue weighted by Gasteiger charge is -2.16. The predicted molar refractivity (Wildman–Crippen MR) is 128 cm³/mol. The molecule has 0 saturated carbocycles. The Labute approximate surface area is 202 Å². The topological polar surface area (TPSA) is 107 Å². The number of hydrogen-bond acceptors (Lipinski definition) is 7. The van der Waals surface area contributed by atoms with Crippen molar-refractivity contribution in [1.29, 1.82) is 0 Å². The second kappa shape index (κ2) is 10.1. The molecule has 3 heterocycles. The van der Waals surface area contributed by atoms with Gasteiger partial charge in [-0.15, -0.1) is 10.2 Å². The first-order chi connectivity index (χ1) is 17.0. The summed E-state index contributed by atoms with van der Waals surface area (Å²) in [7, 11) is 1.65. The van der Waals surface area contributed by atoms with E-state index >= 15 is 0 Å². The van der Waals surface area contributed by atoms with Crippen molar-refractivity contribution in [2.24, 2.45) is 0 Å². The molecule has 1 aliphatic heterocycles. The van der Waals surface area contributed by atoms with Crippen LogP contribution in [0.25, 0.3) is 22.6 Å². The summed E-state index contributed by atoms with van der Waals surface area (Å²) in [5.74, 6) is 2.04. The smallest absolute Gasteiger partial charge is 0.373 e. The van der Waals surface area contributed by atoms with E-state index in [-0.39, 0.29) is 18.1 Å². The number of benzene rings is 2. The Morgan fingerprint density at radius 2 is 1.71 bits per heavy atom. The molecular weight excluding hydrogens is 446 g/mol. The highest BCUT2D eigenvalue weighted by atomic mass is 16.5. The van der Waals surface area contributed by atoms with E-state index in [1.165, 1.54) is 0 Å². The number of rotatable bonds is 5. The standard InChI is InChI=1S/C25H23N5O2.CO2/c1-16(2)30-15-26-28-24(30)22-5-4-6-23(27-22)29-14-19-8-7-18(13-21(19)25(29)31)17-9-11-20(32-3)12-10-17;2-1-3/h4-13,15-16H,14H2,1-3H3;. The van der Waals surface area contributed by atoms with Crippen LogP contribution in [0.2, 0.25) is 0 Å². The zero-order valence-electron chi connectivity index (χ0n) is 19.5. The fraction of sp³-hybridized carbons (Fsp3) is 0.192. The Morgan fingerprint density at radius 1 is 1.00 bits per heavy atom. The van der Waals surface area contributed by atoms with E-state index in [9.17, 15) is 4.79 Å². The first kappa shape index (κ1) is 23.5. The highest BCUT2D eigenvalue weighted by molar-refractivity contribution is 6.10. The van der Waals surface area contributed by atoms with Gasteiger partial charge in [-0.05, 0) is 60.9 Å². The van der Waals surface area contributed by atoms with Gasteiger partial charge in [-0.3, -0.25) is 9.69 Å². The fourth-order valence-corrected chi connectivity index (χ4v) is 3.95. The molecule has 0 fully saturated rings. The van der Waals surface area contributed by atoms with E-state index in [1.54, 1.807) is 18.3 Å². The Hall–Kier alpha value is -4.62. The number of nitrogens with zero attached hydrogens (tertiary/aromatic N) is 5. The molecular formula is C26H23N5O4. The third kappa shape index (κ3) is 4.71. The summed E-state index contributed by atoms with van der Waals surface area (Å²) < 4.78 is 7.20. The maximum Gasteiger partial charge on any atom is 0.373 e. The molecule has 176 valence electrons. The average molecular weight is 470 g/mol. The van der Waals surface area contributed by atoms with Crippen LogP contribution in [0.3, 0.4) is 0 Å². The molecule has 0 N–H and O–H groups in total. The van der Waals surface area contributed by atoms with Crippen LogP contribution >= 0.6 is 0 Å². The Kier molecular flexibility index (Phi) is 6.80. The molecule has 35 heavy (non-hydrogen) atoms. The predicted octanol–water partition coefficient (Wildman–Crippen LogP) is 4.17. The zero-order valence-corrected chi connectivity index (χ0v) is 19.5. The maximum absolute atomic E-state index is 13.3. The minimum absolute atomic E-state index is 0.0506. The summed E-state index contributed by atoms with van der Waals surface area (Å²) >= 11 is 0. The van der Waals surface area contributed by atoms with Crippen LogP contribution in [0, 0.1) is 0 Å². The van der Waals surface area contributed by atoms with Gasteiger partial charge in [-0.2, -0.15) is 9.59 Å². The zero-order chi connectivity index (χ0) is 24.9. The number of aromatic nitrogens is 4. The van der Waals surface area contributed by atoms with Gasteiger partial charge in [0.05, 0.1) is 13.7 Å². The van der Waals surface area contributed by atoms with Crippen molar-refractivity contribution in [3.63, 3.8) is 0 Å².